The molecule has 0 unspecified atom stereocenters. The molecule has 0 aliphatic heterocycles. The van der Waals surface area contributed by atoms with Crippen LogP contribution in [0, 0.1) is 0 Å². The van der Waals surface area contributed by atoms with E-state index in [1.165, 1.54) is 6.07 Å². The van der Waals surface area contributed by atoms with Gasteiger partial charge in [-0.1, -0.05) is 71.9 Å². The fraction of sp³-hybridized carbons (Fsp3) is 0.375. The molecule has 172 valence electrons. The van der Waals surface area contributed by atoms with Gasteiger partial charge in [-0.2, -0.15) is 21.6 Å². The average molecular weight is 466 g/mol. The highest BCUT2D eigenvalue weighted by Gasteiger charge is 2.49. The van der Waals surface area contributed by atoms with Gasteiger partial charge in [-0.15, -0.1) is 0 Å². The Hall–Kier alpha value is -2.61. The van der Waals surface area contributed by atoms with E-state index in [2.05, 4.69) is 4.98 Å². The number of nitrogens with zero attached hydrogens (tertiary/aromatic N) is 1. The minimum Gasteiger partial charge on any atom is -0.375 e. The highest BCUT2D eigenvalue weighted by atomic mass is 32.2. The zero-order valence-corrected chi connectivity index (χ0v) is 19.6. The number of fused-ring (bicyclic) bond motifs is 1. The van der Waals surface area contributed by atoms with Crippen molar-refractivity contribution in [3.63, 3.8) is 0 Å². The minimum absolute atomic E-state index is 0.232. The molecule has 0 radical (unpaired) electrons. The maximum absolute atomic E-state index is 13.2. The van der Waals surface area contributed by atoms with E-state index in [-0.39, 0.29) is 11.3 Å². The van der Waals surface area contributed by atoms with Crippen molar-refractivity contribution in [1.29, 1.82) is 0 Å². The number of aromatic nitrogens is 1. The smallest absolute Gasteiger partial charge is 0.375 e. The first kappa shape index (κ1) is 24.0. The predicted octanol–water partition coefficient (Wildman–Crippen LogP) is 6.73. The zero-order valence-electron chi connectivity index (χ0n) is 18.8. The number of rotatable bonds is 3. The predicted molar refractivity (Wildman–Crippen MR) is 120 cm³/mol. The first-order valence-electron chi connectivity index (χ1n) is 10.1. The summed E-state index contributed by atoms with van der Waals surface area (Å²) in [6.45, 7) is 11.4. The second-order valence-corrected chi connectivity index (χ2v) is 11.3. The first-order chi connectivity index (χ1) is 14.5. The van der Waals surface area contributed by atoms with Crippen molar-refractivity contribution in [2.75, 3.05) is 0 Å². The van der Waals surface area contributed by atoms with E-state index in [4.69, 9.17) is 4.18 Å². The van der Waals surface area contributed by atoms with Crippen molar-refractivity contribution in [2.45, 2.75) is 57.9 Å². The van der Waals surface area contributed by atoms with Gasteiger partial charge in [0.25, 0.3) is 0 Å². The van der Waals surface area contributed by atoms with Crippen LogP contribution >= 0.6 is 0 Å². The largest absolute Gasteiger partial charge is 0.534 e. The van der Waals surface area contributed by atoms with Crippen LogP contribution in [0.25, 0.3) is 22.0 Å². The SMILES string of the molecule is CC(C)(C)c1cc(OS(=O)(=O)C(F)(F)F)c(-c2nccc3ccccc23)c(C(C)(C)C)c1. The molecule has 0 amide bonds. The molecular formula is C24H26F3NO3S. The summed E-state index contributed by atoms with van der Waals surface area (Å²) in [5.74, 6) is -0.386. The van der Waals surface area contributed by atoms with Crippen LogP contribution < -0.4 is 4.18 Å². The summed E-state index contributed by atoms with van der Waals surface area (Å²) in [6.07, 6.45) is 1.55. The Labute approximate surface area is 186 Å². The van der Waals surface area contributed by atoms with E-state index < -0.39 is 26.5 Å². The lowest BCUT2D eigenvalue weighted by Crippen LogP contribution is -2.29. The molecule has 0 aliphatic rings. The summed E-state index contributed by atoms with van der Waals surface area (Å²) in [4.78, 5) is 4.44. The molecule has 8 heteroatoms. The Bertz CT molecular complexity index is 1260. The van der Waals surface area contributed by atoms with E-state index in [1.54, 1.807) is 24.4 Å². The fourth-order valence-corrected chi connectivity index (χ4v) is 3.90. The molecule has 2 aromatic carbocycles. The Morgan fingerprint density at radius 3 is 2.06 bits per heavy atom. The second-order valence-electron chi connectivity index (χ2n) is 9.76. The summed E-state index contributed by atoms with van der Waals surface area (Å²) in [5.41, 5.74) is -4.69. The summed E-state index contributed by atoms with van der Waals surface area (Å²) in [5, 5.41) is 1.50. The van der Waals surface area contributed by atoms with Crippen LogP contribution in [0.1, 0.15) is 52.7 Å². The fourth-order valence-electron chi connectivity index (χ4n) is 3.43. The van der Waals surface area contributed by atoms with E-state index in [9.17, 15) is 21.6 Å². The molecule has 3 aromatic rings. The van der Waals surface area contributed by atoms with Crippen LogP contribution in [-0.4, -0.2) is 18.9 Å². The van der Waals surface area contributed by atoms with Crippen molar-refractivity contribution in [3.05, 3.63) is 59.8 Å². The van der Waals surface area contributed by atoms with Crippen molar-refractivity contribution < 1.29 is 25.8 Å². The number of pyridine rings is 1. The van der Waals surface area contributed by atoms with Crippen LogP contribution in [0.2, 0.25) is 0 Å². The average Bonchev–Trinajstić information content (AvgIpc) is 2.64. The van der Waals surface area contributed by atoms with Crippen LogP contribution in [-0.2, 0) is 20.9 Å². The summed E-state index contributed by atoms with van der Waals surface area (Å²) in [6, 6.07) is 12.3. The molecule has 0 atom stereocenters. The Morgan fingerprint density at radius 1 is 0.875 bits per heavy atom. The molecule has 0 aliphatic carbocycles. The van der Waals surface area contributed by atoms with Crippen LogP contribution in [0.4, 0.5) is 13.2 Å². The van der Waals surface area contributed by atoms with Crippen molar-refractivity contribution in [2.24, 2.45) is 0 Å². The molecule has 32 heavy (non-hydrogen) atoms. The molecule has 4 nitrogen and oxygen atoms in total. The van der Waals surface area contributed by atoms with Gasteiger partial charge < -0.3 is 4.18 Å². The zero-order chi connectivity index (χ0) is 24.1. The number of hydrogen-bond donors (Lipinski definition) is 0. The Balaban J connectivity index is 2.48. The highest BCUT2D eigenvalue weighted by molar-refractivity contribution is 7.88. The lowest BCUT2D eigenvalue weighted by Gasteiger charge is -2.29. The van der Waals surface area contributed by atoms with Gasteiger partial charge in [-0.3, -0.25) is 4.98 Å². The second kappa shape index (κ2) is 7.76. The molecule has 0 N–H and O–H groups in total. The van der Waals surface area contributed by atoms with Crippen LogP contribution in [0.15, 0.2) is 48.7 Å². The van der Waals surface area contributed by atoms with Crippen molar-refractivity contribution in [3.8, 4) is 17.0 Å². The lowest BCUT2D eigenvalue weighted by molar-refractivity contribution is -0.0499. The van der Waals surface area contributed by atoms with E-state index in [0.717, 1.165) is 5.39 Å². The van der Waals surface area contributed by atoms with E-state index >= 15 is 0 Å². The lowest BCUT2D eigenvalue weighted by atomic mass is 9.77. The van der Waals surface area contributed by atoms with Gasteiger partial charge in [-0.25, -0.2) is 0 Å². The van der Waals surface area contributed by atoms with Gasteiger partial charge in [0, 0.05) is 17.1 Å². The van der Waals surface area contributed by atoms with Crippen LogP contribution in [0.5, 0.6) is 5.75 Å². The topological polar surface area (TPSA) is 56.3 Å². The van der Waals surface area contributed by atoms with Crippen LogP contribution in [0.3, 0.4) is 0 Å². The first-order valence-corrected chi connectivity index (χ1v) is 11.5. The minimum atomic E-state index is -5.89. The van der Waals surface area contributed by atoms with Crippen molar-refractivity contribution >= 4 is 20.9 Å². The molecule has 0 saturated carbocycles. The molecule has 1 heterocycles. The molecule has 0 fully saturated rings. The molecular weight excluding hydrogens is 439 g/mol. The third-order valence-electron chi connectivity index (χ3n) is 5.17. The van der Waals surface area contributed by atoms with Gasteiger partial charge in [0.15, 0.2) is 5.75 Å². The van der Waals surface area contributed by atoms with Gasteiger partial charge in [-0.05, 0) is 39.5 Å². The molecule has 0 saturated heterocycles. The van der Waals surface area contributed by atoms with E-state index in [0.29, 0.717) is 22.2 Å². The summed E-state index contributed by atoms with van der Waals surface area (Å²) in [7, 11) is -5.89. The van der Waals surface area contributed by atoms with E-state index in [1.807, 2.05) is 59.7 Å². The molecule has 0 bridgehead atoms. The Kier molecular flexibility index (Phi) is 5.83. The standard InChI is InChI=1S/C24H26F3NO3S/c1-22(2,3)16-13-18(23(4,5)6)20(19(14-16)31-32(29,30)24(25,26)27)21-17-10-8-7-9-15(17)11-12-28-21/h7-14H,1-6H3. The maximum atomic E-state index is 13.2. The third-order valence-corrected chi connectivity index (χ3v) is 6.14. The normalized spacial score (nSPS) is 13.4. The Morgan fingerprint density at radius 2 is 1.50 bits per heavy atom. The van der Waals surface area contributed by atoms with Crippen molar-refractivity contribution in [1.82, 2.24) is 4.98 Å². The van der Waals surface area contributed by atoms with Gasteiger partial charge in [0.05, 0.1) is 5.69 Å². The number of hydrogen-bond acceptors (Lipinski definition) is 4. The number of halogens is 3. The highest BCUT2D eigenvalue weighted by Crippen LogP contribution is 2.45. The molecule has 0 spiro atoms. The summed E-state index contributed by atoms with van der Waals surface area (Å²) >= 11 is 0. The monoisotopic (exact) mass is 465 g/mol. The molecule has 3 rings (SSSR count). The molecule has 1 aromatic heterocycles. The van der Waals surface area contributed by atoms with Gasteiger partial charge >= 0.3 is 15.6 Å². The number of alkyl halides is 3. The van der Waals surface area contributed by atoms with Gasteiger partial charge in [0.1, 0.15) is 0 Å². The van der Waals surface area contributed by atoms with Gasteiger partial charge in [0.2, 0.25) is 0 Å². The summed E-state index contributed by atoms with van der Waals surface area (Å²) < 4.78 is 68.6. The number of benzene rings is 2. The quantitative estimate of drug-likeness (QED) is 0.318. The third kappa shape index (κ3) is 4.60. The maximum Gasteiger partial charge on any atom is 0.534 e.